The van der Waals surface area contributed by atoms with Crippen molar-refractivity contribution in [3.05, 3.63) is 78.5 Å². The van der Waals surface area contributed by atoms with E-state index in [9.17, 15) is 5.11 Å². The van der Waals surface area contributed by atoms with E-state index in [0.29, 0.717) is 25.0 Å². The first-order chi connectivity index (χ1) is 16.1. The maximum atomic E-state index is 10.6. The van der Waals surface area contributed by atoms with Gasteiger partial charge >= 0.3 is 0 Å². The Kier molecular flexibility index (Phi) is 7.47. The van der Waals surface area contributed by atoms with Crippen molar-refractivity contribution < 1.29 is 14.6 Å². The molecule has 6 nitrogen and oxygen atoms in total. The highest BCUT2D eigenvalue weighted by molar-refractivity contribution is 5.44. The van der Waals surface area contributed by atoms with Crippen LogP contribution in [0.5, 0.6) is 17.4 Å². The molecular weight excluding hydrogens is 414 g/mol. The number of aliphatic hydroxyl groups excluding tert-OH is 1. The molecule has 1 aromatic heterocycles. The molecule has 174 valence electrons. The van der Waals surface area contributed by atoms with Gasteiger partial charge in [-0.15, -0.1) is 6.58 Å². The van der Waals surface area contributed by atoms with Crippen molar-refractivity contribution in [1.82, 2.24) is 14.7 Å². The molecule has 1 aliphatic rings. The Hall–Kier alpha value is -3.09. The lowest BCUT2D eigenvalue weighted by atomic mass is 10.1. The Morgan fingerprint density at radius 2 is 1.85 bits per heavy atom. The van der Waals surface area contributed by atoms with Crippen LogP contribution in [0.15, 0.2) is 67.3 Å². The molecule has 4 rings (SSSR count). The summed E-state index contributed by atoms with van der Waals surface area (Å²) in [5.74, 6) is 2.21. The van der Waals surface area contributed by atoms with Crippen LogP contribution in [0.4, 0.5) is 0 Å². The summed E-state index contributed by atoms with van der Waals surface area (Å²) in [7, 11) is 1.65. The second kappa shape index (κ2) is 10.7. The van der Waals surface area contributed by atoms with E-state index in [1.807, 2.05) is 72.3 Å². The molecule has 33 heavy (non-hydrogen) atoms. The predicted molar refractivity (Wildman–Crippen MR) is 130 cm³/mol. The van der Waals surface area contributed by atoms with E-state index in [0.717, 1.165) is 54.1 Å². The fourth-order valence-corrected chi connectivity index (χ4v) is 3.98. The number of aromatic nitrogens is 2. The first-order valence-electron chi connectivity index (χ1n) is 11.6. The summed E-state index contributed by atoms with van der Waals surface area (Å²) < 4.78 is 13.6. The van der Waals surface area contributed by atoms with Crippen LogP contribution < -0.4 is 9.47 Å². The van der Waals surface area contributed by atoms with Gasteiger partial charge in [-0.2, -0.15) is 5.10 Å². The molecule has 0 aliphatic heterocycles. The Morgan fingerprint density at radius 3 is 2.48 bits per heavy atom. The van der Waals surface area contributed by atoms with Gasteiger partial charge in [-0.05, 0) is 69.0 Å². The van der Waals surface area contributed by atoms with Crippen molar-refractivity contribution in [3.8, 4) is 23.1 Å². The van der Waals surface area contributed by atoms with Crippen LogP contribution in [0.25, 0.3) is 5.69 Å². The molecule has 0 saturated heterocycles. The summed E-state index contributed by atoms with van der Waals surface area (Å²) in [6.45, 7) is 7.11. The number of ether oxygens (including phenoxy) is 2. The van der Waals surface area contributed by atoms with Gasteiger partial charge in [0.2, 0.25) is 5.88 Å². The molecule has 1 atom stereocenters. The third kappa shape index (κ3) is 5.83. The van der Waals surface area contributed by atoms with Crippen molar-refractivity contribution in [2.24, 2.45) is 0 Å². The molecule has 1 aliphatic carbocycles. The standard InChI is InChI=1S/C27H33N3O3/c1-4-5-11-23(31)18-29(21-12-13-21)19-26-20(2)28-30(22-9-7-6-8-10-22)27(26)33-25-16-14-24(32-3)15-17-25/h4,6-10,14-17,21,23,31H,1,5,11-13,18-19H2,2-3H3/t23-/m1/s1. The van der Waals surface area contributed by atoms with E-state index in [2.05, 4.69) is 11.5 Å². The highest BCUT2D eigenvalue weighted by Gasteiger charge is 2.32. The van der Waals surface area contributed by atoms with Crippen molar-refractivity contribution in [2.75, 3.05) is 13.7 Å². The molecule has 2 aromatic carbocycles. The van der Waals surface area contributed by atoms with E-state index >= 15 is 0 Å². The third-order valence-electron chi connectivity index (χ3n) is 5.99. The number of para-hydroxylation sites is 1. The van der Waals surface area contributed by atoms with Crippen molar-refractivity contribution in [3.63, 3.8) is 0 Å². The fourth-order valence-electron chi connectivity index (χ4n) is 3.98. The highest BCUT2D eigenvalue weighted by atomic mass is 16.5. The number of rotatable bonds is 12. The summed E-state index contributed by atoms with van der Waals surface area (Å²) in [6.07, 6.45) is 5.35. The van der Waals surface area contributed by atoms with Gasteiger partial charge in [-0.3, -0.25) is 4.90 Å². The van der Waals surface area contributed by atoms with Gasteiger partial charge in [-0.1, -0.05) is 24.3 Å². The van der Waals surface area contributed by atoms with Crippen LogP contribution in [0.3, 0.4) is 0 Å². The number of aryl methyl sites for hydroxylation is 1. The second-order valence-electron chi connectivity index (χ2n) is 8.57. The molecule has 0 amide bonds. The molecular formula is C27H33N3O3. The van der Waals surface area contributed by atoms with Crippen LogP contribution in [0, 0.1) is 6.92 Å². The van der Waals surface area contributed by atoms with Crippen LogP contribution in [-0.4, -0.2) is 45.6 Å². The first-order valence-corrected chi connectivity index (χ1v) is 11.6. The summed E-state index contributed by atoms with van der Waals surface area (Å²) in [4.78, 5) is 2.37. The monoisotopic (exact) mass is 447 g/mol. The number of hydrogen-bond donors (Lipinski definition) is 1. The predicted octanol–water partition coefficient (Wildman–Crippen LogP) is 5.27. The largest absolute Gasteiger partial charge is 0.497 e. The Morgan fingerprint density at radius 1 is 1.15 bits per heavy atom. The number of benzene rings is 2. The number of hydrogen-bond acceptors (Lipinski definition) is 5. The minimum Gasteiger partial charge on any atom is -0.497 e. The highest BCUT2D eigenvalue weighted by Crippen LogP contribution is 2.35. The molecule has 1 fully saturated rings. The Bertz CT molecular complexity index is 1040. The van der Waals surface area contributed by atoms with E-state index in [-0.39, 0.29) is 6.10 Å². The topological polar surface area (TPSA) is 59.8 Å². The van der Waals surface area contributed by atoms with Crippen LogP contribution in [0.2, 0.25) is 0 Å². The average Bonchev–Trinajstić information content (AvgIpc) is 3.65. The van der Waals surface area contributed by atoms with Gasteiger partial charge in [0.1, 0.15) is 11.5 Å². The van der Waals surface area contributed by atoms with Gasteiger partial charge in [0.25, 0.3) is 0 Å². The molecule has 1 saturated carbocycles. The molecule has 0 unspecified atom stereocenters. The maximum absolute atomic E-state index is 10.6. The molecule has 0 bridgehead atoms. The van der Waals surface area contributed by atoms with E-state index in [4.69, 9.17) is 14.6 Å². The molecule has 0 radical (unpaired) electrons. The zero-order valence-electron chi connectivity index (χ0n) is 19.5. The lowest BCUT2D eigenvalue weighted by molar-refractivity contribution is 0.0975. The zero-order valence-corrected chi connectivity index (χ0v) is 19.5. The number of aliphatic hydroxyl groups is 1. The second-order valence-corrected chi connectivity index (χ2v) is 8.57. The summed E-state index contributed by atoms with van der Waals surface area (Å²) >= 11 is 0. The molecule has 1 N–H and O–H groups in total. The SMILES string of the molecule is C=CCC[C@@H](O)CN(Cc1c(C)nn(-c2ccccc2)c1Oc1ccc(OC)cc1)C1CC1. The maximum Gasteiger partial charge on any atom is 0.227 e. The fraction of sp³-hybridized carbons (Fsp3) is 0.370. The van der Waals surface area contributed by atoms with Crippen molar-refractivity contribution in [2.45, 2.75) is 51.3 Å². The first kappa shape index (κ1) is 23.1. The van der Waals surface area contributed by atoms with Gasteiger partial charge in [-0.25, -0.2) is 4.68 Å². The third-order valence-corrected chi connectivity index (χ3v) is 5.99. The quantitative estimate of drug-likeness (QED) is 0.383. The molecule has 6 heteroatoms. The Labute approximate surface area is 196 Å². The van der Waals surface area contributed by atoms with Crippen molar-refractivity contribution >= 4 is 0 Å². The lowest BCUT2D eigenvalue weighted by Gasteiger charge is -2.25. The summed E-state index contributed by atoms with van der Waals surface area (Å²) in [5.41, 5.74) is 2.91. The van der Waals surface area contributed by atoms with E-state index < -0.39 is 0 Å². The lowest BCUT2D eigenvalue weighted by Crippen LogP contribution is -2.34. The number of allylic oxidation sites excluding steroid dienone is 1. The summed E-state index contributed by atoms with van der Waals surface area (Å²) in [6, 6.07) is 18.1. The van der Waals surface area contributed by atoms with Crippen molar-refractivity contribution in [1.29, 1.82) is 0 Å². The normalized spacial score (nSPS) is 14.3. The van der Waals surface area contributed by atoms with E-state index in [1.165, 1.54) is 0 Å². The molecule has 0 spiro atoms. The Balaban J connectivity index is 1.65. The molecule has 1 heterocycles. The van der Waals surface area contributed by atoms with Crippen LogP contribution in [-0.2, 0) is 6.54 Å². The van der Waals surface area contributed by atoms with Crippen LogP contribution >= 0.6 is 0 Å². The van der Waals surface area contributed by atoms with E-state index in [1.54, 1.807) is 7.11 Å². The van der Waals surface area contributed by atoms with Gasteiger partial charge in [0, 0.05) is 19.1 Å². The van der Waals surface area contributed by atoms with Crippen LogP contribution in [0.1, 0.15) is 36.9 Å². The van der Waals surface area contributed by atoms with Gasteiger partial charge in [0.15, 0.2) is 0 Å². The summed E-state index contributed by atoms with van der Waals surface area (Å²) in [5, 5.41) is 15.4. The van der Waals surface area contributed by atoms with Gasteiger partial charge < -0.3 is 14.6 Å². The average molecular weight is 448 g/mol. The number of methoxy groups -OCH3 is 1. The smallest absolute Gasteiger partial charge is 0.227 e. The minimum absolute atomic E-state index is 0.376. The minimum atomic E-state index is -0.376. The zero-order chi connectivity index (χ0) is 23.2. The molecule has 3 aromatic rings. The number of nitrogens with zero attached hydrogens (tertiary/aromatic N) is 3. The van der Waals surface area contributed by atoms with Gasteiger partial charge in [0.05, 0.1) is 30.2 Å².